The summed E-state index contributed by atoms with van der Waals surface area (Å²) in [5.41, 5.74) is 1.54. The Hall–Kier alpha value is -1.83. The molecule has 1 rings (SSSR count). The molecular formula is C16H21NO3. The predicted octanol–water partition coefficient (Wildman–Crippen LogP) is 2.09. The Morgan fingerprint density at radius 2 is 2.15 bits per heavy atom. The van der Waals surface area contributed by atoms with Crippen molar-refractivity contribution >= 4 is 11.6 Å². The Kier molecular flexibility index (Phi) is 5.75. The van der Waals surface area contributed by atoms with Crippen LogP contribution in [0, 0.1) is 18.8 Å². The fourth-order valence-corrected chi connectivity index (χ4v) is 1.45. The summed E-state index contributed by atoms with van der Waals surface area (Å²) in [4.78, 5) is 12.1. The number of hydrogen-bond acceptors (Lipinski definition) is 3. The minimum absolute atomic E-state index is 0.0250. The highest BCUT2D eigenvalue weighted by molar-refractivity contribution is 5.97. The Labute approximate surface area is 120 Å². The zero-order valence-corrected chi connectivity index (χ0v) is 12.4. The maximum atomic E-state index is 12.1. The Bertz CT molecular complexity index is 538. The van der Waals surface area contributed by atoms with E-state index in [1.54, 1.807) is 13.8 Å². The fourth-order valence-electron chi connectivity index (χ4n) is 1.45. The molecule has 1 amide bonds. The van der Waals surface area contributed by atoms with Gasteiger partial charge >= 0.3 is 0 Å². The molecule has 0 spiro atoms. The van der Waals surface area contributed by atoms with Crippen LogP contribution in [0.15, 0.2) is 18.2 Å². The normalized spacial score (nSPS) is 10.7. The van der Waals surface area contributed by atoms with E-state index in [0.29, 0.717) is 12.1 Å². The first kappa shape index (κ1) is 16.2. The standard InChI is InChI=1S/C16H21NO3/c1-12-8-9-14(13(11-12)7-5-6-10-18)17-15(19)16(2,3)20-4/h8-9,11,18H,6,10H2,1-4H3,(H,17,19). The minimum Gasteiger partial charge on any atom is -0.395 e. The van der Waals surface area contributed by atoms with Gasteiger partial charge in [0, 0.05) is 19.1 Å². The molecule has 0 radical (unpaired) electrons. The van der Waals surface area contributed by atoms with Gasteiger partial charge < -0.3 is 15.2 Å². The highest BCUT2D eigenvalue weighted by Crippen LogP contribution is 2.19. The number of anilines is 1. The molecule has 0 unspecified atom stereocenters. The second-order valence-electron chi connectivity index (χ2n) is 4.99. The topological polar surface area (TPSA) is 58.6 Å². The van der Waals surface area contributed by atoms with Crippen molar-refractivity contribution in [1.29, 1.82) is 0 Å². The van der Waals surface area contributed by atoms with Crippen LogP contribution in [-0.4, -0.2) is 30.3 Å². The number of aliphatic hydroxyl groups is 1. The van der Waals surface area contributed by atoms with Crippen molar-refractivity contribution in [1.82, 2.24) is 0 Å². The van der Waals surface area contributed by atoms with Crippen molar-refractivity contribution in [2.24, 2.45) is 0 Å². The Morgan fingerprint density at radius 3 is 2.75 bits per heavy atom. The lowest BCUT2D eigenvalue weighted by molar-refractivity contribution is -0.133. The number of rotatable bonds is 4. The summed E-state index contributed by atoms with van der Waals surface area (Å²) in [7, 11) is 1.50. The molecule has 1 aromatic carbocycles. The van der Waals surface area contributed by atoms with Gasteiger partial charge in [0.2, 0.25) is 0 Å². The largest absolute Gasteiger partial charge is 0.395 e. The first-order valence-electron chi connectivity index (χ1n) is 6.47. The number of amides is 1. The zero-order valence-electron chi connectivity index (χ0n) is 12.4. The van der Waals surface area contributed by atoms with Gasteiger partial charge in [-0.3, -0.25) is 4.79 Å². The first-order valence-corrected chi connectivity index (χ1v) is 6.47. The average Bonchev–Trinajstić information content (AvgIpc) is 2.41. The van der Waals surface area contributed by atoms with E-state index in [1.165, 1.54) is 7.11 Å². The fraction of sp³-hybridized carbons (Fsp3) is 0.438. The lowest BCUT2D eigenvalue weighted by atomic mass is 10.1. The molecule has 0 aliphatic carbocycles. The zero-order chi connectivity index (χ0) is 15.2. The highest BCUT2D eigenvalue weighted by Gasteiger charge is 2.27. The number of carbonyl (C=O) groups excluding carboxylic acids is 1. The summed E-state index contributed by atoms with van der Waals surface area (Å²) in [6, 6.07) is 5.63. The smallest absolute Gasteiger partial charge is 0.256 e. The molecule has 2 N–H and O–H groups in total. The van der Waals surface area contributed by atoms with Crippen LogP contribution in [0.2, 0.25) is 0 Å². The number of aliphatic hydroxyl groups excluding tert-OH is 1. The van der Waals surface area contributed by atoms with Gasteiger partial charge in [-0.15, -0.1) is 0 Å². The lowest BCUT2D eigenvalue weighted by Crippen LogP contribution is -2.39. The summed E-state index contributed by atoms with van der Waals surface area (Å²) in [5, 5.41) is 11.6. The minimum atomic E-state index is -0.902. The van der Waals surface area contributed by atoms with Crippen molar-refractivity contribution in [2.45, 2.75) is 32.8 Å². The van der Waals surface area contributed by atoms with Gasteiger partial charge in [0.1, 0.15) is 5.60 Å². The number of hydrogen-bond donors (Lipinski definition) is 2. The van der Waals surface area contributed by atoms with Gasteiger partial charge in [-0.25, -0.2) is 0 Å². The summed E-state index contributed by atoms with van der Waals surface area (Å²) >= 11 is 0. The molecule has 0 aliphatic rings. The predicted molar refractivity (Wildman–Crippen MR) is 79.5 cm³/mol. The Morgan fingerprint density at radius 1 is 1.45 bits per heavy atom. The van der Waals surface area contributed by atoms with Crippen molar-refractivity contribution < 1.29 is 14.6 Å². The monoisotopic (exact) mass is 275 g/mol. The third kappa shape index (κ3) is 4.37. The van der Waals surface area contributed by atoms with Gasteiger partial charge in [0.05, 0.1) is 12.3 Å². The molecular weight excluding hydrogens is 254 g/mol. The summed E-state index contributed by atoms with van der Waals surface area (Å²) < 4.78 is 5.15. The van der Waals surface area contributed by atoms with Crippen LogP contribution >= 0.6 is 0 Å². The van der Waals surface area contributed by atoms with E-state index >= 15 is 0 Å². The summed E-state index contributed by atoms with van der Waals surface area (Å²) in [6.07, 6.45) is 0.408. The highest BCUT2D eigenvalue weighted by atomic mass is 16.5. The Balaban J connectivity index is 3.01. The van der Waals surface area contributed by atoms with Crippen molar-refractivity contribution in [3.05, 3.63) is 29.3 Å². The number of aryl methyl sites for hydroxylation is 1. The van der Waals surface area contributed by atoms with Gasteiger partial charge in [-0.05, 0) is 38.5 Å². The molecule has 108 valence electrons. The molecule has 0 fully saturated rings. The van der Waals surface area contributed by atoms with Gasteiger partial charge in [-0.2, -0.15) is 0 Å². The molecule has 0 saturated carbocycles. The number of methoxy groups -OCH3 is 1. The van der Waals surface area contributed by atoms with Gasteiger partial charge in [0.15, 0.2) is 0 Å². The number of nitrogens with one attached hydrogen (secondary N) is 1. The van der Waals surface area contributed by atoms with Crippen LogP contribution in [-0.2, 0) is 9.53 Å². The summed E-state index contributed by atoms with van der Waals surface area (Å²) in [5.74, 6) is 5.60. The first-order chi connectivity index (χ1) is 9.40. The number of ether oxygens (including phenoxy) is 1. The quantitative estimate of drug-likeness (QED) is 0.827. The average molecular weight is 275 g/mol. The molecule has 20 heavy (non-hydrogen) atoms. The molecule has 0 saturated heterocycles. The van der Waals surface area contributed by atoms with E-state index in [4.69, 9.17) is 9.84 Å². The van der Waals surface area contributed by atoms with E-state index in [2.05, 4.69) is 17.2 Å². The number of carbonyl (C=O) groups is 1. The lowest BCUT2D eigenvalue weighted by Gasteiger charge is -2.22. The number of benzene rings is 1. The van der Waals surface area contributed by atoms with E-state index in [1.807, 2.05) is 25.1 Å². The van der Waals surface area contributed by atoms with Gasteiger partial charge in [0.25, 0.3) is 5.91 Å². The third-order valence-corrected chi connectivity index (χ3v) is 2.94. The molecule has 0 aromatic heterocycles. The molecule has 0 heterocycles. The molecule has 0 bridgehead atoms. The molecule has 0 aliphatic heterocycles. The maximum Gasteiger partial charge on any atom is 0.256 e. The second-order valence-corrected chi connectivity index (χ2v) is 4.99. The van der Waals surface area contributed by atoms with E-state index in [-0.39, 0.29) is 12.5 Å². The van der Waals surface area contributed by atoms with Gasteiger partial charge in [-0.1, -0.05) is 17.9 Å². The molecule has 0 atom stereocenters. The van der Waals surface area contributed by atoms with E-state index in [0.717, 1.165) is 11.1 Å². The van der Waals surface area contributed by atoms with Crippen LogP contribution in [0.4, 0.5) is 5.69 Å². The van der Waals surface area contributed by atoms with Crippen molar-refractivity contribution in [3.63, 3.8) is 0 Å². The molecule has 4 nitrogen and oxygen atoms in total. The van der Waals surface area contributed by atoms with Crippen LogP contribution in [0.3, 0.4) is 0 Å². The second kappa shape index (κ2) is 7.09. The van der Waals surface area contributed by atoms with Crippen molar-refractivity contribution in [2.75, 3.05) is 19.0 Å². The van der Waals surface area contributed by atoms with Crippen molar-refractivity contribution in [3.8, 4) is 11.8 Å². The van der Waals surface area contributed by atoms with Crippen LogP contribution < -0.4 is 5.32 Å². The van der Waals surface area contributed by atoms with Crippen LogP contribution in [0.5, 0.6) is 0 Å². The summed E-state index contributed by atoms with van der Waals surface area (Å²) in [6.45, 7) is 5.39. The maximum absolute atomic E-state index is 12.1. The van der Waals surface area contributed by atoms with Crippen LogP contribution in [0.25, 0.3) is 0 Å². The molecule has 1 aromatic rings. The SMILES string of the molecule is COC(C)(C)C(=O)Nc1ccc(C)cc1C#CCCO. The van der Waals surface area contributed by atoms with E-state index in [9.17, 15) is 4.79 Å². The third-order valence-electron chi connectivity index (χ3n) is 2.94. The molecule has 4 heteroatoms. The van der Waals surface area contributed by atoms with Crippen LogP contribution in [0.1, 0.15) is 31.4 Å². The van der Waals surface area contributed by atoms with E-state index < -0.39 is 5.60 Å².